The molecular weight excluding hydrogens is 365 g/mol. The highest BCUT2D eigenvalue weighted by molar-refractivity contribution is 5.87. The third-order valence-corrected chi connectivity index (χ3v) is 3.44. The molecule has 0 spiro atoms. The quantitative estimate of drug-likeness (QED) is 0.642. The van der Waals surface area contributed by atoms with E-state index in [1.807, 2.05) is 0 Å². The fourth-order valence-corrected chi connectivity index (χ4v) is 2.26. The zero-order chi connectivity index (χ0) is 19.6. The van der Waals surface area contributed by atoms with Gasteiger partial charge in [0.25, 0.3) is 5.89 Å². The Bertz CT molecular complexity index is 948. The summed E-state index contributed by atoms with van der Waals surface area (Å²) >= 11 is 0. The monoisotopic (exact) mass is 378 g/mol. The van der Waals surface area contributed by atoms with Crippen molar-refractivity contribution in [3.8, 4) is 11.4 Å². The number of hydrogen-bond donors (Lipinski definition) is 0. The number of ether oxygens (including phenoxy) is 1. The molecule has 2 aromatic heterocycles. The molecule has 1 aromatic carbocycles. The fraction of sp³-hybridized carbons (Fsp3) is 0.235. The van der Waals surface area contributed by atoms with E-state index in [1.54, 1.807) is 13.8 Å². The molecule has 3 aromatic rings. The number of nitrogens with zero attached hydrogens (tertiary/aromatic N) is 4. The Morgan fingerprint density at radius 2 is 1.81 bits per heavy atom. The summed E-state index contributed by atoms with van der Waals surface area (Å²) in [5.74, 6) is -0.161. The van der Waals surface area contributed by atoms with E-state index < -0.39 is 17.7 Å². The lowest BCUT2D eigenvalue weighted by molar-refractivity contribution is -0.137. The Balaban J connectivity index is 1.66. The van der Waals surface area contributed by atoms with Crippen molar-refractivity contribution in [1.82, 2.24) is 20.1 Å². The maximum atomic E-state index is 12.6. The van der Waals surface area contributed by atoms with Crippen molar-refractivity contribution in [2.45, 2.75) is 26.6 Å². The van der Waals surface area contributed by atoms with Gasteiger partial charge in [0, 0.05) is 11.3 Å². The molecule has 7 nitrogen and oxygen atoms in total. The fourth-order valence-electron chi connectivity index (χ4n) is 2.26. The summed E-state index contributed by atoms with van der Waals surface area (Å²) in [4.78, 5) is 24.1. The normalized spacial score (nSPS) is 11.4. The van der Waals surface area contributed by atoms with Gasteiger partial charge in [-0.3, -0.25) is 0 Å². The highest BCUT2D eigenvalue weighted by Crippen LogP contribution is 2.30. The Kier molecular flexibility index (Phi) is 4.89. The molecule has 0 bridgehead atoms. The summed E-state index contributed by atoms with van der Waals surface area (Å²) in [6, 6.07) is 5.79. The molecule has 0 unspecified atom stereocenters. The smallest absolute Gasteiger partial charge is 0.416 e. The van der Waals surface area contributed by atoms with Gasteiger partial charge >= 0.3 is 12.1 Å². The second-order valence-electron chi connectivity index (χ2n) is 5.60. The van der Waals surface area contributed by atoms with Gasteiger partial charge in [-0.2, -0.15) is 18.2 Å². The molecule has 0 aliphatic rings. The second kappa shape index (κ2) is 7.14. The zero-order valence-electron chi connectivity index (χ0n) is 14.2. The molecule has 0 aliphatic carbocycles. The lowest BCUT2D eigenvalue weighted by Gasteiger charge is -2.05. The van der Waals surface area contributed by atoms with Crippen LogP contribution >= 0.6 is 0 Å². The van der Waals surface area contributed by atoms with Crippen molar-refractivity contribution >= 4 is 5.97 Å². The predicted molar refractivity (Wildman–Crippen MR) is 85.4 cm³/mol. The molecule has 27 heavy (non-hydrogen) atoms. The summed E-state index contributed by atoms with van der Waals surface area (Å²) in [6.07, 6.45) is -4.42. The average molecular weight is 378 g/mol. The highest BCUT2D eigenvalue weighted by atomic mass is 19.4. The number of carbonyl (C=O) groups excluding carboxylic acids is 1. The molecule has 0 saturated heterocycles. The minimum absolute atomic E-state index is 0.000693. The third-order valence-electron chi connectivity index (χ3n) is 3.44. The number of halogens is 3. The molecule has 140 valence electrons. The van der Waals surface area contributed by atoms with Crippen LogP contribution in [0.2, 0.25) is 0 Å². The number of rotatable bonds is 4. The maximum absolute atomic E-state index is 12.6. The van der Waals surface area contributed by atoms with Crippen LogP contribution in [0.15, 0.2) is 34.9 Å². The number of benzene rings is 1. The maximum Gasteiger partial charge on any atom is 0.416 e. The van der Waals surface area contributed by atoms with E-state index in [9.17, 15) is 18.0 Å². The molecule has 0 aliphatic heterocycles. The largest absolute Gasteiger partial charge is 0.451 e. The molecule has 0 N–H and O–H groups in total. The van der Waals surface area contributed by atoms with Gasteiger partial charge in [-0.15, -0.1) is 0 Å². The summed E-state index contributed by atoms with van der Waals surface area (Å²) in [7, 11) is 0. The first kappa shape index (κ1) is 18.5. The van der Waals surface area contributed by atoms with Crippen LogP contribution in [0.25, 0.3) is 11.4 Å². The molecule has 3 rings (SSSR count). The van der Waals surface area contributed by atoms with Gasteiger partial charge in [-0.25, -0.2) is 14.8 Å². The third kappa shape index (κ3) is 4.46. The van der Waals surface area contributed by atoms with Crippen molar-refractivity contribution in [1.29, 1.82) is 0 Å². The summed E-state index contributed by atoms with van der Waals surface area (Å²) in [6.45, 7) is 3.08. The lowest BCUT2D eigenvalue weighted by atomic mass is 10.1. The molecule has 0 radical (unpaired) electrons. The summed E-state index contributed by atoms with van der Waals surface area (Å²) in [5, 5.41) is 3.67. The van der Waals surface area contributed by atoms with Gasteiger partial charge in [0.15, 0.2) is 12.3 Å². The molecule has 10 heteroatoms. The number of aryl methyl sites for hydroxylation is 2. The van der Waals surface area contributed by atoms with Gasteiger partial charge in [0.05, 0.1) is 5.56 Å². The minimum atomic E-state index is -4.42. The van der Waals surface area contributed by atoms with Crippen LogP contribution in [-0.2, 0) is 17.5 Å². The first-order valence-electron chi connectivity index (χ1n) is 7.72. The first-order valence-corrected chi connectivity index (χ1v) is 7.72. The van der Waals surface area contributed by atoms with Gasteiger partial charge in [-0.1, -0.05) is 17.3 Å². The van der Waals surface area contributed by atoms with Crippen molar-refractivity contribution in [3.63, 3.8) is 0 Å². The topological polar surface area (TPSA) is 91.0 Å². The van der Waals surface area contributed by atoms with Gasteiger partial charge in [0.2, 0.25) is 5.82 Å². The first-order chi connectivity index (χ1) is 12.7. The van der Waals surface area contributed by atoms with E-state index in [0.717, 1.165) is 12.1 Å². The van der Waals surface area contributed by atoms with E-state index in [4.69, 9.17) is 9.26 Å². The minimum Gasteiger partial charge on any atom is -0.451 e. The van der Waals surface area contributed by atoms with Crippen molar-refractivity contribution in [2.24, 2.45) is 0 Å². The Hall–Kier alpha value is -3.30. The van der Waals surface area contributed by atoms with Crippen LogP contribution in [0, 0.1) is 13.8 Å². The van der Waals surface area contributed by atoms with E-state index in [0.29, 0.717) is 17.1 Å². The van der Waals surface area contributed by atoms with Crippen molar-refractivity contribution in [3.05, 3.63) is 59.0 Å². The molecule has 0 fully saturated rings. The Labute approximate surface area is 151 Å². The van der Waals surface area contributed by atoms with Crippen molar-refractivity contribution in [2.75, 3.05) is 0 Å². The molecule has 0 atom stereocenters. The Morgan fingerprint density at radius 1 is 1.11 bits per heavy atom. The van der Waals surface area contributed by atoms with Crippen LogP contribution in [-0.4, -0.2) is 26.1 Å². The zero-order valence-corrected chi connectivity index (χ0v) is 14.2. The number of hydrogen-bond acceptors (Lipinski definition) is 7. The molecular formula is C17H13F3N4O3. The SMILES string of the molecule is Cc1cc(C(=O)OCc2nc(-c3ccc(C(F)(F)F)cc3)no2)nc(C)n1. The van der Waals surface area contributed by atoms with Crippen LogP contribution in [0.4, 0.5) is 13.2 Å². The Morgan fingerprint density at radius 3 is 2.44 bits per heavy atom. The van der Waals surface area contributed by atoms with Crippen LogP contribution in [0.5, 0.6) is 0 Å². The number of alkyl halides is 3. The van der Waals surface area contributed by atoms with E-state index >= 15 is 0 Å². The van der Waals surface area contributed by atoms with Gasteiger partial charge in [0.1, 0.15) is 5.82 Å². The van der Waals surface area contributed by atoms with E-state index in [-0.39, 0.29) is 24.0 Å². The van der Waals surface area contributed by atoms with Crippen molar-refractivity contribution < 1.29 is 27.2 Å². The standard InChI is InChI=1S/C17H13F3N4O3/c1-9-7-13(22-10(2)21-9)16(25)26-8-14-23-15(24-27-14)11-3-5-12(6-4-11)17(18,19)20/h3-7H,8H2,1-2H3. The van der Waals surface area contributed by atoms with Gasteiger partial charge < -0.3 is 9.26 Å². The number of esters is 1. The molecule has 0 amide bonds. The molecule has 0 saturated carbocycles. The van der Waals surface area contributed by atoms with Gasteiger partial charge in [-0.05, 0) is 32.0 Å². The summed E-state index contributed by atoms with van der Waals surface area (Å²) < 4.78 is 47.8. The summed E-state index contributed by atoms with van der Waals surface area (Å²) in [5.41, 5.74) is 0.282. The molecule has 2 heterocycles. The van der Waals surface area contributed by atoms with Crippen LogP contribution in [0.3, 0.4) is 0 Å². The van der Waals surface area contributed by atoms with E-state index in [2.05, 4.69) is 20.1 Å². The number of carbonyl (C=O) groups is 1. The highest BCUT2D eigenvalue weighted by Gasteiger charge is 2.30. The van der Waals surface area contributed by atoms with E-state index in [1.165, 1.54) is 18.2 Å². The predicted octanol–water partition coefficient (Wildman–Crippen LogP) is 3.52. The number of aromatic nitrogens is 4. The average Bonchev–Trinajstić information content (AvgIpc) is 3.07. The van der Waals surface area contributed by atoms with Crippen LogP contribution < -0.4 is 0 Å². The van der Waals surface area contributed by atoms with Crippen LogP contribution in [0.1, 0.15) is 33.5 Å². The second-order valence-corrected chi connectivity index (χ2v) is 5.60. The lowest BCUT2D eigenvalue weighted by Crippen LogP contribution is -2.09.